The van der Waals surface area contributed by atoms with Gasteiger partial charge in [-0.2, -0.15) is 0 Å². The Balaban J connectivity index is 1.64. The molecule has 0 amide bonds. The first-order valence-corrected chi connectivity index (χ1v) is 7.11. The summed E-state index contributed by atoms with van der Waals surface area (Å²) in [4.78, 5) is 5.15. The molecule has 0 aromatic carbocycles. The third kappa shape index (κ3) is 4.54. The van der Waals surface area contributed by atoms with E-state index >= 15 is 0 Å². The van der Waals surface area contributed by atoms with Gasteiger partial charge < -0.3 is 15.4 Å². The zero-order valence-corrected chi connectivity index (χ0v) is 10.9. The van der Waals surface area contributed by atoms with Gasteiger partial charge >= 0.3 is 0 Å². The summed E-state index contributed by atoms with van der Waals surface area (Å²) in [6.07, 6.45) is 3.94. The molecule has 2 rings (SSSR count). The van der Waals surface area contributed by atoms with Crippen LogP contribution in [-0.4, -0.2) is 68.8 Å². The molecule has 1 atom stereocenters. The smallest absolute Gasteiger partial charge is 0.0594 e. The highest BCUT2D eigenvalue weighted by atomic mass is 16.5. The second-order valence-corrected chi connectivity index (χ2v) is 5.34. The van der Waals surface area contributed by atoms with Crippen molar-refractivity contribution in [3.8, 4) is 0 Å². The molecule has 0 spiro atoms. The molecule has 2 N–H and O–H groups in total. The summed E-state index contributed by atoms with van der Waals surface area (Å²) in [6.45, 7) is 9.88. The molecule has 1 unspecified atom stereocenters. The van der Waals surface area contributed by atoms with Crippen molar-refractivity contribution in [2.75, 3.05) is 59.0 Å². The van der Waals surface area contributed by atoms with Crippen LogP contribution in [0.15, 0.2) is 0 Å². The van der Waals surface area contributed by atoms with E-state index in [1.54, 1.807) is 0 Å². The van der Waals surface area contributed by atoms with Crippen LogP contribution in [-0.2, 0) is 4.74 Å². The van der Waals surface area contributed by atoms with Gasteiger partial charge in [0.25, 0.3) is 0 Å². The number of piperidine rings is 1. The van der Waals surface area contributed by atoms with Crippen LogP contribution in [0.3, 0.4) is 0 Å². The molecule has 2 aliphatic rings. The highest BCUT2D eigenvalue weighted by Gasteiger charge is 2.20. The first-order chi connectivity index (χ1) is 8.38. The second-order valence-electron chi connectivity index (χ2n) is 5.34. The molecule has 100 valence electrons. The zero-order chi connectivity index (χ0) is 11.9. The minimum atomic E-state index is 0.846. The highest BCUT2D eigenvalue weighted by molar-refractivity contribution is 4.74. The van der Waals surface area contributed by atoms with Crippen LogP contribution in [0, 0.1) is 5.92 Å². The van der Waals surface area contributed by atoms with E-state index in [-0.39, 0.29) is 0 Å². The Morgan fingerprint density at radius 3 is 2.59 bits per heavy atom. The lowest BCUT2D eigenvalue weighted by Crippen LogP contribution is -2.44. The number of morpholine rings is 1. The van der Waals surface area contributed by atoms with Crippen LogP contribution in [0.2, 0.25) is 0 Å². The van der Waals surface area contributed by atoms with Crippen molar-refractivity contribution in [1.82, 2.24) is 9.80 Å². The number of rotatable bonds is 5. The summed E-state index contributed by atoms with van der Waals surface area (Å²) in [5.41, 5.74) is 5.66. The van der Waals surface area contributed by atoms with Crippen LogP contribution in [0.25, 0.3) is 0 Å². The fourth-order valence-electron chi connectivity index (χ4n) is 2.93. The van der Waals surface area contributed by atoms with Crippen molar-refractivity contribution in [2.24, 2.45) is 11.7 Å². The number of hydrogen-bond acceptors (Lipinski definition) is 4. The summed E-state index contributed by atoms with van der Waals surface area (Å²) in [5, 5.41) is 0. The van der Waals surface area contributed by atoms with E-state index in [4.69, 9.17) is 10.5 Å². The van der Waals surface area contributed by atoms with Gasteiger partial charge in [-0.3, -0.25) is 4.90 Å². The van der Waals surface area contributed by atoms with Crippen molar-refractivity contribution in [2.45, 2.75) is 19.3 Å². The maximum atomic E-state index is 5.66. The molecule has 0 bridgehead atoms. The molecule has 0 aromatic heterocycles. The van der Waals surface area contributed by atoms with Gasteiger partial charge in [0.15, 0.2) is 0 Å². The fraction of sp³-hybridized carbons (Fsp3) is 1.00. The Morgan fingerprint density at radius 2 is 1.82 bits per heavy atom. The summed E-state index contributed by atoms with van der Waals surface area (Å²) in [5.74, 6) is 0.846. The Hall–Kier alpha value is -0.160. The molecule has 2 saturated heterocycles. The van der Waals surface area contributed by atoms with Crippen molar-refractivity contribution < 1.29 is 4.74 Å². The average molecular weight is 241 g/mol. The third-order valence-corrected chi connectivity index (χ3v) is 4.01. The zero-order valence-electron chi connectivity index (χ0n) is 10.9. The Labute approximate surface area is 105 Å². The lowest BCUT2D eigenvalue weighted by Gasteiger charge is -2.35. The molecular formula is C13H27N3O. The largest absolute Gasteiger partial charge is 0.379 e. The number of hydrogen-bond donors (Lipinski definition) is 1. The van der Waals surface area contributed by atoms with Crippen LogP contribution in [0.5, 0.6) is 0 Å². The molecule has 4 nitrogen and oxygen atoms in total. The maximum Gasteiger partial charge on any atom is 0.0594 e. The van der Waals surface area contributed by atoms with E-state index < -0.39 is 0 Å². The molecular weight excluding hydrogens is 214 g/mol. The van der Waals surface area contributed by atoms with Gasteiger partial charge in [-0.1, -0.05) is 0 Å². The molecule has 2 heterocycles. The Morgan fingerprint density at radius 1 is 1.06 bits per heavy atom. The maximum absolute atomic E-state index is 5.66. The van der Waals surface area contributed by atoms with Crippen molar-refractivity contribution in [3.05, 3.63) is 0 Å². The first kappa shape index (κ1) is 13.3. The first-order valence-electron chi connectivity index (χ1n) is 7.11. The number of ether oxygens (including phenoxy) is 1. The van der Waals surface area contributed by atoms with E-state index in [0.29, 0.717) is 0 Å². The molecule has 0 aliphatic carbocycles. The molecule has 4 heteroatoms. The standard InChI is InChI=1S/C13H27N3O/c14-4-3-13-2-1-5-16(12-13)7-6-15-8-10-17-11-9-15/h13H,1-12,14H2. The predicted molar refractivity (Wildman–Crippen MR) is 70.1 cm³/mol. The van der Waals surface area contributed by atoms with Gasteiger partial charge in [-0.25, -0.2) is 0 Å². The van der Waals surface area contributed by atoms with Crippen molar-refractivity contribution in [3.63, 3.8) is 0 Å². The fourth-order valence-corrected chi connectivity index (χ4v) is 2.93. The second kappa shape index (κ2) is 7.31. The third-order valence-electron chi connectivity index (χ3n) is 4.01. The van der Waals surface area contributed by atoms with Gasteiger partial charge in [0.1, 0.15) is 0 Å². The van der Waals surface area contributed by atoms with E-state index in [1.807, 2.05) is 0 Å². The number of likely N-dealkylation sites (tertiary alicyclic amines) is 1. The lowest BCUT2D eigenvalue weighted by molar-refractivity contribution is 0.0307. The average Bonchev–Trinajstić information content (AvgIpc) is 2.39. The summed E-state index contributed by atoms with van der Waals surface area (Å²) >= 11 is 0. The lowest BCUT2D eigenvalue weighted by atomic mass is 9.95. The minimum Gasteiger partial charge on any atom is -0.379 e. The molecule has 17 heavy (non-hydrogen) atoms. The van der Waals surface area contributed by atoms with Crippen LogP contribution in [0.4, 0.5) is 0 Å². The van der Waals surface area contributed by atoms with Gasteiger partial charge in [0, 0.05) is 32.7 Å². The molecule has 2 aliphatic heterocycles. The van der Waals surface area contributed by atoms with E-state index in [0.717, 1.165) is 38.8 Å². The molecule has 0 aromatic rings. The Kier molecular flexibility index (Phi) is 5.71. The van der Waals surface area contributed by atoms with E-state index in [9.17, 15) is 0 Å². The summed E-state index contributed by atoms with van der Waals surface area (Å²) in [6, 6.07) is 0. The molecule has 2 fully saturated rings. The van der Waals surface area contributed by atoms with Crippen LogP contribution in [0.1, 0.15) is 19.3 Å². The minimum absolute atomic E-state index is 0.846. The Bertz CT molecular complexity index is 205. The quantitative estimate of drug-likeness (QED) is 0.755. The van der Waals surface area contributed by atoms with Gasteiger partial charge in [-0.15, -0.1) is 0 Å². The summed E-state index contributed by atoms with van der Waals surface area (Å²) < 4.78 is 5.37. The van der Waals surface area contributed by atoms with Crippen LogP contribution >= 0.6 is 0 Å². The van der Waals surface area contributed by atoms with Gasteiger partial charge in [-0.05, 0) is 38.3 Å². The van der Waals surface area contributed by atoms with Crippen LogP contribution < -0.4 is 5.73 Å². The number of nitrogens with zero attached hydrogens (tertiary/aromatic N) is 2. The molecule has 0 radical (unpaired) electrons. The predicted octanol–water partition coefficient (Wildman–Crippen LogP) is 0.379. The highest BCUT2D eigenvalue weighted by Crippen LogP contribution is 2.18. The summed E-state index contributed by atoms with van der Waals surface area (Å²) in [7, 11) is 0. The normalized spacial score (nSPS) is 28.4. The topological polar surface area (TPSA) is 41.7 Å². The van der Waals surface area contributed by atoms with Gasteiger partial charge in [0.05, 0.1) is 13.2 Å². The van der Waals surface area contributed by atoms with Crippen molar-refractivity contribution in [1.29, 1.82) is 0 Å². The van der Waals surface area contributed by atoms with E-state index in [2.05, 4.69) is 9.80 Å². The van der Waals surface area contributed by atoms with E-state index in [1.165, 1.54) is 45.4 Å². The monoisotopic (exact) mass is 241 g/mol. The molecule has 0 saturated carbocycles. The SMILES string of the molecule is NCCC1CCCN(CCN2CCOCC2)C1. The van der Waals surface area contributed by atoms with Crippen molar-refractivity contribution >= 4 is 0 Å². The van der Waals surface area contributed by atoms with Gasteiger partial charge in [0.2, 0.25) is 0 Å². The number of nitrogens with two attached hydrogens (primary N) is 1.